The van der Waals surface area contributed by atoms with Gasteiger partial charge in [0.25, 0.3) is 0 Å². The van der Waals surface area contributed by atoms with Crippen LogP contribution < -0.4 is 5.32 Å². The molecular weight excluding hydrogens is 316 g/mol. The van der Waals surface area contributed by atoms with Gasteiger partial charge in [-0.05, 0) is 26.2 Å². The second-order valence-corrected chi connectivity index (χ2v) is 7.04. The number of nitrogens with one attached hydrogen (secondary N) is 1. The molecule has 1 aromatic heterocycles. The molecular formula is C18H32N6O. The first-order valence-electron chi connectivity index (χ1n) is 9.75. The molecule has 3 rings (SSSR count). The number of methoxy groups -OCH3 is 1. The third-order valence-corrected chi connectivity index (χ3v) is 5.11. The molecule has 0 aromatic carbocycles. The van der Waals surface area contributed by atoms with Gasteiger partial charge in [0.05, 0.1) is 6.61 Å². The lowest BCUT2D eigenvalue weighted by atomic mass is 10.1. The Bertz CT molecular complexity index is 570. The smallest absolute Gasteiger partial charge is 0.193 e. The highest BCUT2D eigenvalue weighted by Gasteiger charge is 2.24. The molecule has 2 aliphatic heterocycles. The molecule has 0 saturated carbocycles. The number of hydrogen-bond donors (Lipinski definition) is 1. The van der Waals surface area contributed by atoms with Gasteiger partial charge in [-0.3, -0.25) is 4.99 Å². The van der Waals surface area contributed by atoms with Crippen molar-refractivity contribution in [2.45, 2.75) is 52.0 Å². The topological polar surface area (TPSA) is 67.6 Å². The minimum absolute atomic E-state index is 0.612. The average molecular weight is 348 g/mol. The summed E-state index contributed by atoms with van der Waals surface area (Å²) in [6.07, 6.45) is 6.86. The van der Waals surface area contributed by atoms with E-state index < -0.39 is 0 Å². The highest BCUT2D eigenvalue weighted by molar-refractivity contribution is 5.80. The summed E-state index contributed by atoms with van der Waals surface area (Å²) in [7, 11) is 1.78. The summed E-state index contributed by atoms with van der Waals surface area (Å²) in [5.41, 5.74) is 0. The predicted molar refractivity (Wildman–Crippen MR) is 98.8 cm³/mol. The van der Waals surface area contributed by atoms with Gasteiger partial charge in [-0.15, -0.1) is 10.2 Å². The van der Waals surface area contributed by atoms with Crippen LogP contribution in [0.1, 0.15) is 44.3 Å². The van der Waals surface area contributed by atoms with Gasteiger partial charge in [0.2, 0.25) is 0 Å². The number of fused-ring (bicyclic) bond motifs is 1. The Morgan fingerprint density at radius 3 is 3.04 bits per heavy atom. The van der Waals surface area contributed by atoms with Gasteiger partial charge in [-0.2, -0.15) is 0 Å². The number of guanidine groups is 1. The van der Waals surface area contributed by atoms with Crippen LogP contribution in [0, 0.1) is 5.92 Å². The Morgan fingerprint density at radius 2 is 2.20 bits per heavy atom. The fourth-order valence-corrected chi connectivity index (χ4v) is 3.81. The molecule has 1 fully saturated rings. The van der Waals surface area contributed by atoms with Gasteiger partial charge in [0.1, 0.15) is 11.6 Å². The molecule has 0 radical (unpaired) electrons. The van der Waals surface area contributed by atoms with Gasteiger partial charge in [-0.25, -0.2) is 0 Å². The summed E-state index contributed by atoms with van der Waals surface area (Å²) >= 11 is 0. The van der Waals surface area contributed by atoms with Crippen molar-refractivity contribution in [3.05, 3.63) is 11.6 Å². The molecule has 0 aliphatic carbocycles. The molecule has 7 heteroatoms. The Morgan fingerprint density at radius 1 is 1.28 bits per heavy atom. The van der Waals surface area contributed by atoms with E-state index in [9.17, 15) is 0 Å². The van der Waals surface area contributed by atoms with Crippen LogP contribution in [0.25, 0.3) is 0 Å². The van der Waals surface area contributed by atoms with Crippen molar-refractivity contribution in [3.63, 3.8) is 0 Å². The largest absolute Gasteiger partial charge is 0.384 e. The number of nitrogens with zero attached hydrogens (tertiary/aromatic N) is 5. The lowest BCUT2D eigenvalue weighted by molar-refractivity contribution is 0.157. The molecule has 25 heavy (non-hydrogen) atoms. The van der Waals surface area contributed by atoms with Crippen LogP contribution in [0.15, 0.2) is 4.99 Å². The van der Waals surface area contributed by atoms with Crippen LogP contribution in [0.2, 0.25) is 0 Å². The Kier molecular flexibility index (Phi) is 6.67. The first-order chi connectivity index (χ1) is 12.3. The minimum Gasteiger partial charge on any atom is -0.384 e. The lowest BCUT2D eigenvalue weighted by Crippen LogP contribution is -2.40. The number of hydrogen-bond acceptors (Lipinski definition) is 4. The molecule has 1 aromatic rings. The standard InChI is InChI=1S/C18H32N6O/c1-3-19-18(23-12-9-15(13-23)14-25-2)20-10-8-17-22-21-16-7-5-4-6-11-24(16)17/h15H,3-14H2,1-2H3,(H,19,20). The molecule has 140 valence electrons. The second kappa shape index (κ2) is 9.17. The Balaban J connectivity index is 1.58. The highest BCUT2D eigenvalue weighted by atomic mass is 16.5. The maximum atomic E-state index is 5.30. The SMILES string of the molecule is CCNC(=NCCc1nnc2n1CCCCC2)N1CCC(COC)C1. The maximum Gasteiger partial charge on any atom is 0.193 e. The quantitative estimate of drug-likeness (QED) is 0.623. The predicted octanol–water partition coefficient (Wildman–Crippen LogP) is 1.48. The number of rotatable bonds is 6. The fraction of sp³-hybridized carbons (Fsp3) is 0.833. The van der Waals surface area contributed by atoms with Gasteiger partial charge in [-0.1, -0.05) is 6.42 Å². The molecule has 1 atom stereocenters. The van der Waals surface area contributed by atoms with Crippen molar-refractivity contribution in [2.24, 2.45) is 10.9 Å². The van der Waals surface area contributed by atoms with Crippen LogP contribution in [-0.2, 0) is 24.1 Å². The number of aromatic nitrogens is 3. The summed E-state index contributed by atoms with van der Waals surface area (Å²) in [6, 6.07) is 0. The monoisotopic (exact) mass is 348 g/mol. The average Bonchev–Trinajstić information content (AvgIpc) is 3.15. The number of likely N-dealkylation sites (tertiary alicyclic amines) is 1. The van der Waals surface area contributed by atoms with E-state index in [4.69, 9.17) is 9.73 Å². The van der Waals surface area contributed by atoms with Crippen molar-refractivity contribution >= 4 is 5.96 Å². The van der Waals surface area contributed by atoms with Crippen LogP contribution in [-0.4, -0.2) is 65.5 Å². The minimum atomic E-state index is 0.612. The summed E-state index contributed by atoms with van der Waals surface area (Å²) in [5, 5.41) is 12.2. The maximum absolute atomic E-state index is 5.30. The van der Waals surface area contributed by atoms with Crippen LogP contribution in [0.3, 0.4) is 0 Å². The summed E-state index contributed by atoms with van der Waals surface area (Å²) < 4.78 is 7.62. The first-order valence-corrected chi connectivity index (χ1v) is 9.75. The van der Waals surface area contributed by atoms with Crippen LogP contribution in [0.5, 0.6) is 0 Å². The number of ether oxygens (including phenoxy) is 1. The summed E-state index contributed by atoms with van der Waals surface area (Å²) in [5.74, 6) is 3.89. The summed E-state index contributed by atoms with van der Waals surface area (Å²) in [4.78, 5) is 7.21. The van der Waals surface area contributed by atoms with E-state index in [-0.39, 0.29) is 0 Å². The second-order valence-electron chi connectivity index (χ2n) is 7.04. The third kappa shape index (κ3) is 4.71. The lowest BCUT2D eigenvalue weighted by Gasteiger charge is -2.21. The molecule has 3 heterocycles. The van der Waals surface area contributed by atoms with E-state index in [0.29, 0.717) is 5.92 Å². The molecule has 1 unspecified atom stereocenters. The highest BCUT2D eigenvalue weighted by Crippen LogP contribution is 2.17. The van der Waals surface area contributed by atoms with E-state index in [0.717, 1.165) is 69.8 Å². The van der Waals surface area contributed by atoms with Gasteiger partial charge < -0.3 is 19.5 Å². The molecule has 0 bridgehead atoms. The molecule has 1 N–H and O–H groups in total. The molecule has 1 saturated heterocycles. The van der Waals surface area contributed by atoms with E-state index in [2.05, 4.69) is 31.9 Å². The van der Waals surface area contributed by atoms with Gasteiger partial charge in [0, 0.05) is 58.6 Å². The fourth-order valence-electron chi connectivity index (χ4n) is 3.81. The van der Waals surface area contributed by atoms with Gasteiger partial charge >= 0.3 is 0 Å². The Labute approximate surface area is 150 Å². The van der Waals surface area contributed by atoms with E-state index >= 15 is 0 Å². The Hall–Kier alpha value is -1.63. The molecule has 0 amide bonds. The van der Waals surface area contributed by atoms with Crippen molar-refractivity contribution < 1.29 is 4.74 Å². The molecule has 0 spiro atoms. The number of aliphatic imine (C=N–C) groups is 1. The summed E-state index contributed by atoms with van der Waals surface area (Å²) in [6.45, 7) is 7.75. The molecule has 7 nitrogen and oxygen atoms in total. The van der Waals surface area contributed by atoms with Crippen LogP contribution in [0.4, 0.5) is 0 Å². The van der Waals surface area contributed by atoms with E-state index in [1.807, 2.05) is 0 Å². The van der Waals surface area contributed by atoms with Crippen LogP contribution >= 0.6 is 0 Å². The van der Waals surface area contributed by atoms with E-state index in [1.54, 1.807) is 7.11 Å². The normalized spacial score (nSPS) is 21.3. The number of aryl methyl sites for hydroxylation is 1. The van der Waals surface area contributed by atoms with Crippen molar-refractivity contribution in [2.75, 3.05) is 39.9 Å². The van der Waals surface area contributed by atoms with Gasteiger partial charge in [0.15, 0.2) is 5.96 Å². The zero-order valence-electron chi connectivity index (χ0n) is 15.7. The first kappa shape index (κ1) is 18.2. The van der Waals surface area contributed by atoms with Crippen molar-refractivity contribution in [1.82, 2.24) is 25.0 Å². The van der Waals surface area contributed by atoms with Crippen molar-refractivity contribution in [1.29, 1.82) is 0 Å². The third-order valence-electron chi connectivity index (χ3n) is 5.11. The zero-order valence-corrected chi connectivity index (χ0v) is 15.7. The van der Waals surface area contributed by atoms with Crippen molar-refractivity contribution in [3.8, 4) is 0 Å². The van der Waals surface area contributed by atoms with E-state index in [1.165, 1.54) is 25.7 Å². The zero-order chi connectivity index (χ0) is 17.5. The molecule has 2 aliphatic rings.